The van der Waals surface area contributed by atoms with E-state index in [9.17, 15) is 9.59 Å². The number of hydrogen-bond donors (Lipinski definition) is 1. The van der Waals surface area contributed by atoms with Crippen molar-refractivity contribution in [2.75, 3.05) is 18.6 Å². The first-order valence-corrected chi connectivity index (χ1v) is 8.12. The predicted molar refractivity (Wildman–Crippen MR) is 89.6 cm³/mol. The molecule has 1 unspecified atom stereocenters. The molecule has 1 saturated heterocycles. The molecule has 0 saturated carbocycles. The monoisotopic (exact) mass is 331 g/mol. The van der Waals surface area contributed by atoms with E-state index in [1.54, 1.807) is 12.0 Å². The molecule has 1 aliphatic rings. The third-order valence-corrected chi connectivity index (χ3v) is 4.65. The van der Waals surface area contributed by atoms with Gasteiger partial charge in [0.15, 0.2) is 10.9 Å². The van der Waals surface area contributed by atoms with E-state index in [1.807, 2.05) is 30.3 Å². The highest BCUT2D eigenvalue weighted by atomic mass is 32.2. The number of H-pyrrole nitrogens is 1. The molecule has 1 aromatic carbocycles. The molecule has 0 radical (unpaired) electrons. The molecule has 2 heterocycles. The molecule has 1 amide bonds. The van der Waals surface area contributed by atoms with Crippen LogP contribution in [0.4, 0.5) is 5.82 Å². The maximum Gasteiger partial charge on any atom is 0.229 e. The summed E-state index contributed by atoms with van der Waals surface area (Å²) < 4.78 is 5.14. The molecule has 23 heavy (non-hydrogen) atoms. The third kappa shape index (κ3) is 3.39. The smallest absolute Gasteiger partial charge is 0.229 e. The molecule has 1 fully saturated rings. The third-order valence-electron chi connectivity index (χ3n) is 3.66. The number of amides is 1. The maximum atomic E-state index is 12.1. The Kier molecular flexibility index (Phi) is 4.38. The van der Waals surface area contributed by atoms with Crippen LogP contribution in [0.3, 0.4) is 0 Å². The molecule has 0 spiro atoms. The van der Waals surface area contributed by atoms with Crippen LogP contribution >= 0.6 is 11.8 Å². The van der Waals surface area contributed by atoms with E-state index in [4.69, 9.17) is 4.74 Å². The summed E-state index contributed by atoms with van der Waals surface area (Å²) in [5, 5.41) is 7.22. The van der Waals surface area contributed by atoms with Crippen molar-refractivity contribution in [1.82, 2.24) is 10.2 Å². The van der Waals surface area contributed by atoms with Gasteiger partial charge in [0.2, 0.25) is 5.91 Å². The van der Waals surface area contributed by atoms with Gasteiger partial charge in [-0.3, -0.25) is 19.6 Å². The highest BCUT2D eigenvalue weighted by Crippen LogP contribution is 2.30. The summed E-state index contributed by atoms with van der Waals surface area (Å²) in [6, 6.07) is 9.44. The van der Waals surface area contributed by atoms with Crippen molar-refractivity contribution in [3.63, 3.8) is 0 Å². The molecule has 6 nitrogen and oxygen atoms in total. The number of nitrogens with zero attached hydrogens (tertiary/aromatic N) is 2. The molecule has 3 rings (SSSR count). The quantitative estimate of drug-likeness (QED) is 0.931. The lowest BCUT2D eigenvalue weighted by Crippen LogP contribution is -2.25. The second-order valence-electron chi connectivity index (χ2n) is 5.31. The van der Waals surface area contributed by atoms with Crippen molar-refractivity contribution >= 4 is 28.6 Å². The Hall–Kier alpha value is -2.28. The van der Waals surface area contributed by atoms with Crippen LogP contribution < -0.4 is 9.64 Å². The molecule has 1 atom stereocenters. The van der Waals surface area contributed by atoms with Gasteiger partial charge >= 0.3 is 0 Å². The van der Waals surface area contributed by atoms with Crippen LogP contribution in [0.5, 0.6) is 5.75 Å². The summed E-state index contributed by atoms with van der Waals surface area (Å²) in [5.41, 5.74) is 1.80. The first-order valence-electron chi connectivity index (χ1n) is 7.24. The second-order valence-corrected chi connectivity index (χ2v) is 6.79. The Morgan fingerprint density at radius 2 is 2.13 bits per heavy atom. The highest BCUT2D eigenvalue weighted by Gasteiger charge is 2.33. The fourth-order valence-electron chi connectivity index (χ4n) is 2.58. The van der Waals surface area contributed by atoms with Crippen molar-refractivity contribution in [1.29, 1.82) is 0 Å². The maximum absolute atomic E-state index is 12.1. The fraction of sp³-hybridized carbons (Fsp3) is 0.312. The molecule has 1 aliphatic heterocycles. The summed E-state index contributed by atoms with van der Waals surface area (Å²) >= 11 is 1.22. The van der Waals surface area contributed by atoms with Gasteiger partial charge in [0.25, 0.3) is 0 Å². The van der Waals surface area contributed by atoms with Crippen molar-refractivity contribution in [3.05, 3.63) is 30.3 Å². The van der Waals surface area contributed by atoms with Crippen molar-refractivity contribution in [3.8, 4) is 17.0 Å². The van der Waals surface area contributed by atoms with E-state index >= 15 is 0 Å². The number of methoxy groups -OCH3 is 1. The summed E-state index contributed by atoms with van der Waals surface area (Å²) in [7, 11) is 1.62. The van der Waals surface area contributed by atoms with Crippen LogP contribution in [-0.4, -0.2) is 40.1 Å². The van der Waals surface area contributed by atoms with Gasteiger partial charge in [-0.2, -0.15) is 5.10 Å². The number of rotatable bonds is 4. The van der Waals surface area contributed by atoms with Gasteiger partial charge in [-0.15, -0.1) is 0 Å². The molecule has 0 bridgehead atoms. The predicted octanol–water partition coefficient (Wildman–Crippen LogP) is 2.47. The zero-order chi connectivity index (χ0) is 16.4. The summed E-state index contributed by atoms with van der Waals surface area (Å²) in [6.45, 7) is 2.03. The first-order chi connectivity index (χ1) is 11.1. The van der Waals surface area contributed by atoms with E-state index in [0.29, 0.717) is 18.8 Å². The average molecular weight is 331 g/mol. The largest absolute Gasteiger partial charge is 0.497 e. The number of hydrogen-bond acceptors (Lipinski definition) is 5. The Labute approximate surface area is 138 Å². The van der Waals surface area contributed by atoms with E-state index in [2.05, 4.69) is 10.2 Å². The minimum absolute atomic E-state index is 0.00105. The number of carbonyl (C=O) groups is 2. The minimum atomic E-state index is -0.00321. The number of nitrogens with one attached hydrogen (secondary N) is 1. The SMILES string of the molecule is COc1ccc(-c2cc(N3CC(SC(C)=O)CC3=O)n[nH]2)cc1. The van der Waals surface area contributed by atoms with Gasteiger partial charge in [0.1, 0.15) is 5.75 Å². The van der Waals surface area contributed by atoms with Gasteiger partial charge in [0.05, 0.1) is 12.8 Å². The van der Waals surface area contributed by atoms with Crippen LogP contribution in [0.1, 0.15) is 13.3 Å². The molecule has 0 aliphatic carbocycles. The number of thioether (sulfide) groups is 1. The number of aromatic nitrogens is 2. The van der Waals surface area contributed by atoms with E-state index in [0.717, 1.165) is 17.0 Å². The Bertz CT molecular complexity index is 726. The lowest BCUT2D eigenvalue weighted by Gasteiger charge is -2.12. The Balaban J connectivity index is 1.76. The van der Waals surface area contributed by atoms with Crippen molar-refractivity contribution in [2.45, 2.75) is 18.6 Å². The number of benzene rings is 1. The standard InChI is InChI=1S/C16H17N3O3S/c1-10(20)23-13-7-16(21)19(9-13)15-8-14(17-18-15)11-3-5-12(22-2)6-4-11/h3-6,8,13H,7,9H2,1-2H3,(H,17,18). The van der Waals surface area contributed by atoms with E-state index < -0.39 is 0 Å². The molecular formula is C16H17N3O3S. The van der Waals surface area contributed by atoms with Crippen molar-refractivity contribution in [2.24, 2.45) is 0 Å². The van der Waals surface area contributed by atoms with Crippen LogP contribution in [0.2, 0.25) is 0 Å². The number of aromatic amines is 1. The lowest BCUT2D eigenvalue weighted by molar-refractivity contribution is -0.117. The van der Waals surface area contributed by atoms with Gasteiger partial charge in [-0.1, -0.05) is 11.8 Å². The van der Waals surface area contributed by atoms with Crippen LogP contribution in [0.15, 0.2) is 30.3 Å². The zero-order valence-corrected chi connectivity index (χ0v) is 13.7. The van der Waals surface area contributed by atoms with E-state index in [-0.39, 0.29) is 16.3 Å². The van der Waals surface area contributed by atoms with E-state index in [1.165, 1.54) is 18.7 Å². The first kappa shape index (κ1) is 15.6. The van der Waals surface area contributed by atoms with Gasteiger partial charge in [-0.05, 0) is 29.8 Å². The highest BCUT2D eigenvalue weighted by molar-refractivity contribution is 8.14. The molecule has 7 heteroatoms. The van der Waals surface area contributed by atoms with Crippen molar-refractivity contribution < 1.29 is 14.3 Å². The number of carbonyl (C=O) groups excluding carboxylic acids is 2. The normalized spacial score (nSPS) is 17.6. The molecular weight excluding hydrogens is 314 g/mol. The summed E-state index contributed by atoms with van der Waals surface area (Å²) in [6.07, 6.45) is 0.370. The van der Waals surface area contributed by atoms with Gasteiger partial charge < -0.3 is 4.74 Å². The molecule has 1 N–H and O–H groups in total. The summed E-state index contributed by atoms with van der Waals surface area (Å²) in [4.78, 5) is 24.9. The van der Waals surface area contributed by atoms with Crippen LogP contribution in [-0.2, 0) is 9.59 Å². The fourth-order valence-corrected chi connectivity index (χ4v) is 3.50. The second kappa shape index (κ2) is 6.45. The average Bonchev–Trinajstić information content (AvgIpc) is 3.13. The topological polar surface area (TPSA) is 75.3 Å². The zero-order valence-electron chi connectivity index (χ0n) is 12.9. The number of anilines is 1. The van der Waals surface area contributed by atoms with Gasteiger partial charge in [-0.25, -0.2) is 0 Å². The van der Waals surface area contributed by atoms with Crippen LogP contribution in [0, 0.1) is 0 Å². The number of ether oxygens (including phenoxy) is 1. The molecule has 1 aromatic heterocycles. The Morgan fingerprint density at radius 1 is 1.39 bits per heavy atom. The molecule has 2 aromatic rings. The molecule has 120 valence electrons. The minimum Gasteiger partial charge on any atom is -0.497 e. The Morgan fingerprint density at radius 3 is 2.78 bits per heavy atom. The lowest BCUT2D eigenvalue weighted by atomic mass is 10.1. The van der Waals surface area contributed by atoms with Gasteiger partial charge in [0, 0.05) is 31.2 Å². The summed E-state index contributed by atoms with van der Waals surface area (Å²) in [5.74, 6) is 1.37. The van der Waals surface area contributed by atoms with Crippen LogP contribution in [0.25, 0.3) is 11.3 Å².